The predicted octanol–water partition coefficient (Wildman–Crippen LogP) is 2.36. The predicted molar refractivity (Wildman–Crippen MR) is 128 cm³/mol. The van der Waals surface area contributed by atoms with E-state index in [0.717, 1.165) is 65.0 Å². The number of hydrogen-bond acceptors (Lipinski definition) is 4. The van der Waals surface area contributed by atoms with Crippen molar-refractivity contribution in [3.8, 4) is 0 Å². The highest BCUT2D eigenvalue weighted by atomic mass is 127. The van der Waals surface area contributed by atoms with Crippen LogP contribution >= 0.6 is 24.0 Å². The Labute approximate surface area is 187 Å². The second-order valence-electron chi connectivity index (χ2n) is 7.70. The smallest absolute Gasteiger partial charge is 0.193 e. The zero-order chi connectivity index (χ0) is 19.1. The van der Waals surface area contributed by atoms with Crippen molar-refractivity contribution in [3.05, 3.63) is 30.3 Å². The van der Waals surface area contributed by atoms with Crippen LogP contribution in [0.15, 0.2) is 35.3 Å². The number of nitrogens with one attached hydrogen (secondary N) is 1. The molecule has 0 bridgehead atoms. The highest BCUT2D eigenvalue weighted by Crippen LogP contribution is 2.16. The fraction of sp³-hybridized carbons (Fsp3) is 0.667. The van der Waals surface area contributed by atoms with E-state index >= 15 is 0 Å². The Hall–Kier alpha value is -1.06. The molecule has 1 aromatic carbocycles. The summed E-state index contributed by atoms with van der Waals surface area (Å²) in [6.45, 7) is 13.4. The molecule has 158 valence electrons. The van der Waals surface area contributed by atoms with Gasteiger partial charge in [0.1, 0.15) is 0 Å². The molecule has 1 unspecified atom stereocenters. The second kappa shape index (κ2) is 11.8. The first-order chi connectivity index (χ1) is 13.2. The molecule has 2 saturated heterocycles. The van der Waals surface area contributed by atoms with Gasteiger partial charge in [0, 0.05) is 64.6 Å². The molecule has 2 fully saturated rings. The third-order valence-electron chi connectivity index (χ3n) is 5.67. The lowest BCUT2D eigenvalue weighted by atomic mass is 10.0. The molecule has 2 heterocycles. The van der Waals surface area contributed by atoms with Gasteiger partial charge in [0.2, 0.25) is 0 Å². The van der Waals surface area contributed by atoms with E-state index in [1.54, 1.807) is 0 Å². The van der Waals surface area contributed by atoms with E-state index < -0.39 is 0 Å². The van der Waals surface area contributed by atoms with Gasteiger partial charge < -0.3 is 19.9 Å². The third-order valence-corrected chi connectivity index (χ3v) is 5.67. The Balaban J connectivity index is 0.00000280. The minimum Gasteiger partial charge on any atom is -0.379 e. The van der Waals surface area contributed by atoms with Gasteiger partial charge in [-0.25, -0.2) is 0 Å². The van der Waals surface area contributed by atoms with Crippen molar-refractivity contribution in [2.45, 2.75) is 19.9 Å². The van der Waals surface area contributed by atoms with E-state index in [1.165, 1.54) is 5.69 Å². The molecule has 1 aromatic rings. The summed E-state index contributed by atoms with van der Waals surface area (Å²) in [5, 5.41) is 3.65. The van der Waals surface area contributed by atoms with Crippen molar-refractivity contribution < 1.29 is 4.74 Å². The van der Waals surface area contributed by atoms with Gasteiger partial charge in [0.25, 0.3) is 0 Å². The average molecular weight is 501 g/mol. The van der Waals surface area contributed by atoms with Crippen molar-refractivity contribution in [2.24, 2.45) is 10.9 Å². The van der Waals surface area contributed by atoms with Gasteiger partial charge in [0.15, 0.2) is 5.96 Å². The zero-order valence-electron chi connectivity index (χ0n) is 17.5. The summed E-state index contributed by atoms with van der Waals surface area (Å²) in [5.74, 6) is 1.63. The van der Waals surface area contributed by atoms with E-state index in [2.05, 4.69) is 69.2 Å². The highest BCUT2D eigenvalue weighted by Gasteiger charge is 2.25. The molecule has 0 radical (unpaired) electrons. The van der Waals surface area contributed by atoms with Gasteiger partial charge in [-0.15, -0.1) is 24.0 Å². The summed E-state index contributed by atoms with van der Waals surface area (Å²) in [6, 6.07) is 11.2. The maximum Gasteiger partial charge on any atom is 0.193 e. The summed E-state index contributed by atoms with van der Waals surface area (Å²) >= 11 is 0. The summed E-state index contributed by atoms with van der Waals surface area (Å²) in [4.78, 5) is 12.0. The fourth-order valence-electron chi connectivity index (χ4n) is 4.04. The summed E-state index contributed by atoms with van der Waals surface area (Å²) < 4.78 is 5.52. The second-order valence-corrected chi connectivity index (χ2v) is 7.70. The Kier molecular flexibility index (Phi) is 9.81. The number of piperazine rings is 1. The van der Waals surface area contributed by atoms with E-state index in [-0.39, 0.29) is 24.0 Å². The Morgan fingerprint density at radius 3 is 2.25 bits per heavy atom. The van der Waals surface area contributed by atoms with Crippen LogP contribution in [0.2, 0.25) is 0 Å². The van der Waals surface area contributed by atoms with Crippen molar-refractivity contribution >= 4 is 35.6 Å². The van der Waals surface area contributed by atoms with Gasteiger partial charge in [-0.05, 0) is 18.1 Å². The molecule has 6 nitrogen and oxygen atoms in total. The van der Waals surface area contributed by atoms with Crippen LogP contribution in [0.1, 0.15) is 13.8 Å². The summed E-state index contributed by atoms with van der Waals surface area (Å²) in [5.41, 5.74) is 1.31. The molecule has 2 aliphatic heterocycles. The van der Waals surface area contributed by atoms with Crippen molar-refractivity contribution in [3.63, 3.8) is 0 Å². The number of anilines is 1. The van der Waals surface area contributed by atoms with Crippen LogP contribution in [-0.4, -0.2) is 87.9 Å². The maximum absolute atomic E-state index is 5.52. The van der Waals surface area contributed by atoms with Crippen LogP contribution in [0.3, 0.4) is 0 Å². The van der Waals surface area contributed by atoms with Crippen LogP contribution in [0.4, 0.5) is 5.69 Å². The minimum atomic E-state index is 0. The number of guanidine groups is 1. The molecular formula is C21H36IN5O. The molecule has 0 amide bonds. The van der Waals surface area contributed by atoms with Crippen molar-refractivity contribution in [1.29, 1.82) is 0 Å². The molecule has 0 spiro atoms. The maximum atomic E-state index is 5.52. The summed E-state index contributed by atoms with van der Waals surface area (Å²) in [7, 11) is 1.89. The zero-order valence-corrected chi connectivity index (χ0v) is 19.8. The largest absolute Gasteiger partial charge is 0.379 e. The van der Waals surface area contributed by atoms with Gasteiger partial charge in [-0.3, -0.25) is 9.89 Å². The molecule has 0 aliphatic carbocycles. The number of benzene rings is 1. The topological polar surface area (TPSA) is 43.3 Å². The molecule has 1 N–H and O–H groups in total. The molecule has 7 heteroatoms. The minimum absolute atomic E-state index is 0. The number of hydrogen-bond donors (Lipinski definition) is 1. The first-order valence-corrected chi connectivity index (χ1v) is 10.3. The van der Waals surface area contributed by atoms with Crippen LogP contribution in [-0.2, 0) is 4.74 Å². The lowest BCUT2D eigenvalue weighted by Gasteiger charge is -2.40. The molecule has 2 aliphatic rings. The van der Waals surface area contributed by atoms with Gasteiger partial charge in [-0.2, -0.15) is 0 Å². The third kappa shape index (κ3) is 6.22. The number of morpholine rings is 1. The fourth-order valence-corrected chi connectivity index (χ4v) is 4.04. The van der Waals surface area contributed by atoms with Gasteiger partial charge in [-0.1, -0.05) is 32.0 Å². The first kappa shape index (κ1) is 23.2. The van der Waals surface area contributed by atoms with Crippen molar-refractivity contribution in [1.82, 2.24) is 15.1 Å². The average Bonchev–Trinajstić information content (AvgIpc) is 2.72. The number of rotatable bonds is 5. The molecule has 0 aromatic heterocycles. The van der Waals surface area contributed by atoms with Crippen LogP contribution < -0.4 is 10.2 Å². The lowest BCUT2D eigenvalue weighted by Crippen LogP contribution is -2.56. The van der Waals surface area contributed by atoms with Crippen molar-refractivity contribution in [2.75, 3.05) is 71.0 Å². The quantitative estimate of drug-likeness (QED) is 0.382. The lowest BCUT2D eigenvalue weighted by molar-refractivity contribution is 0.00739. The first-order valence-electron chi connectivity index (χ1n) is 10.3. The number of nitrogens with zero attached hydrogens (tertiary/aromatic N) is 4. The Bertz CT molecular complexity index is 584. The van der Waals surface area contributed by atoms with E-state index in [1.807, 2.05) is 7.05 Å². The van der Waals surface area contributed by atoms with Crippen LogP contribution in [0.25, 0.3) is 0 Å². The molecule has 3 rings (SSSR count). The standard InChI is InChI=1S/C21H35N5O.HI/c1-18(2)20(25-13-15-27-16-14-25)17-23-21(22-3)26-11-9-24(10-12-26)19-7-5-4-6-8-19;/h4-8,18,20H,9-17H2,1-3H3,(H,22,23);1H. The van der Waals surface area contributed by atoms with E-state index in [9.17, 15) is 0 Å². The molecule has 1 atom stereocenters. The SMILES string of the molecule is CN=C(NCC(C(C)C)N1CCOCC1)N1CCN(c2ccccc2)CC1.I. The van der Waals surface area contributed by atoms with Gasteiger partial charge >= 0.3 is 0 Å². The Morgan fingerprint density at radius 1 is 1.04 bits per heavy atom. The van der Waals surface area contributed by atoms with Crippen LogP contribution in [0.5, 0.6) is 0 Å². The van der Waals surface area contributed by atoms with E-state index in [0.29, 0.717) is 12.0 Å². The molecule has 0 saturated carbocycles. The van der Waals surface area contributed by atoms with Gasteiger partial charge in [0.05, 0.1) is 13.2 Å². The Morgan fingerprint density at radius 2 is 1.68 bits per heavy atom. The van der Waals surface area contributed by atoms with Crippen LogP contribution in [0, 0.1) is 5.92 Å². The molecule has 28 heavy (non-hydrogen) atoms. The number of halogens is 1. The number of ether oxygens (including phenoxy) is 1. The monoisotopic (exact) mass is 501 g/mol. The highest BCUT2D eigenvalue weighted by molar-refractivity contribution is 14.0. The van der Waals surface area contributed by atoms with E-state index in [4.69, 9.17) is 4.74 Å². The number of para-hydroxylation sites is 1. The summed E-state index contributed by atoms with van der Waals surface area (Å²) in [6.07, 6.45) is 0. The molecular weight excluding hydrogens is 465 g/mol. The normalized spacial score (nSPS) is 20.1. The number of aliphatic imine (C=N–C) groups is 1.